The number of thioether (sulfide) groups is 1. The van der Waals surface area contributed by atoms with E-state index in [-0.39, 0.29) is 12.2 Å². The molecule has 226 valence electrons. The summed E-state index contributed by atoms with van der Waals surface area (Å²) in [5.74, 6) is -3.09. The van der Waals surface area contributed by atoms with Gasteiger partial charge in [0.15, 0.2) is 0 Å². The quantitative estimate of drug-likeness (QED) is 0.254. The normalized spacial score (nSPS) is 19.5. The Kier molecular flexibility index (Phi) is 7.80. The van der Waals surface area contributed by atoms with E-state index in [1.54, 1.807) is 48.5 Å². The standard InChI is InChI=1S/C30H21ClF3N3O5S2/c1-42-20-11-9-18(10-12-20)35-21(38)14-36-28-25(44-29(36)41)22(15-5-7-17(31)8-6-15)23-24(43-28)27(40)37(26(23)39)19-4-2-3-16(13-19)30(32,33)34/h2-13,22-24H,14H2,1H3,(H,35,38)/t22-,23?,24?/m0/s1. The molecule has 8 nitrogen and oxygen atoms in total. The molecule has 1 saturated heterocycles. The van der Waals surface area contributed by atoms with Crippen LogP contribution in [0, 0.1) is 5.92 Å². The molecular formula is C30H21ClF3N3O5S2. The van der Waals surface area contributed by atoms with E-state index in [2.05, 4.69) is 5.32 Å². The van der Waals surface area contributed by atoms with Gasteiger partial charge in [-0.3, -0.25) is 23.7 Å². The van der Waals surface area contributed by atoms with Crippen LogP contribution in [0.5, 0.6) is 5.75 Å². The summed E-state index contributed by atoms with van der Waals surface area (Å²) >= 11 is 7.94. The smallest absolute Gasteiger partial charge is 0.416 e. The lowest BCUT2D eigenvalue weighted by Crippen LogP contribution is -2.33. The molecule has 1 N–H and O–H groups in total. The van der Waals surface area contributed by atoms with E-state index in [4.69, 9.17) is 16.3 Å². The highest BCUT2D eigenvalue weighted by molar-refractivity contribution is 8.00. The third-order valence-electron chi connectivity index (χ3n) is 7.39. The lowest BCUT2D eigenvalue weighted by molar-refractivity contribution is -0.137. The van der Waals surface area contributed by atoms with Gasteiger partial charge < -0.3 is 10.1 Å². The van der Waals surface area contributed by atoms with Gasteiger partial charge in [-0.25, -0.2) is 4.90 Å². The average Bonchev–Trinajstić information content (AvgIpc) is 3.43. The number of ether oxygens (including phenoxy) is 1. The molecule has 4 aromatic rings. The van der Waals surface area contributed by atoms with Gasteiger partial charge in [-0.1, -0.05) is 52.9 Å². The van der Waals surface area contributed by atoms with E-state index in [0.717, 1.165) is 46.2 Å². The summed E-state index contributed by atoms with van der Waals surface area (Å²) in [6, 6.07) is 17.2. The Balaban J connectivity index is 1.39. The van der Waals surface area contributed by atoms with Crippen LogP contribution in [0.2, 0.25) is 5.02 Å². The van der Waals surface area contributed by atoms with Crippen LogP contribution in [0.1, 0.15) is 21.9 Å². The average molecular weight is 660 g/mol. The molecule has 2 unspecified atom stereocenters. The number of carbonyl (C=O) groups is 3. The van der Waals surface area contributed by atoms with Gasteiger partial charge in [0.1, 0.15) is 17.5 Å². The Labute approximate surface area is 261 Å². The van der Waals surface area contributed by atoms with Crippen molar-refractivity contribution in [3.05, 3.63) is 103 Å². The number of hydrogen-bond acceptors (Lipinski definition) is 7. The number of nitrogens with one attached hydrogen (secondary N) is 1. The Morgan fingerprint density at radius 2 is 1.70 bits per heavy atom. The van der Waals surface area contributed by atoms with Crippen LogP contribution in [0.3, 0.4) is 0 Å². The lowest BCUT2D eigenvalue weighted by atomic mass is 9.83. The van der Waals surface area contributed by atoms with E-state index >= 15 is 0 Å². The largest absolute Gasteiger partial charge is 0.497 e. The molecule has 3 amide bonds. The number of aromatic nitrogens is 1. The summed E-state index contributed by atoms with van der Waals surface area (Å²) in [5, 5.41) is 2.44. The number of methoxy groups -OCH3 is 1. The zero-order valence-electron chi connectivity index (χ0n) is 22.6. The SMILES string of the molecule is COc1ccc(NC(=O)Cn2c3c(sc2=O)[C@@H](c2ccc(Cl)cc2)C2C(=O)N(c4cccc(C(F)(F)F)c4)C(=O)C2S3)cc1. The summed E-state index contributed by atoms with van der Waals surface area (Å²) in [6.07, 6.45) is -4.68. The van der Waals surface area contributed by atoms with Crippen molar-refractivity contribution in [2.45, 2.75) is 28.9 Å². The van der Waals surface area contributed by atoms with Crippen molar-refractivity contribution in [1.29, 1.82) is 0 Å². The predicted octanol–water partition coefficient (Wildman–Crippen LogP) is 6.03. The van der Waals surface area contributed by atoms with Gasteiger partial charge >= 0.3 is 11.0 Å². The number of imide groups is 1. The number of benzene rings is 3. The molecule has 44 heavy (non-hydrogen) atoms. The molecule has 6 rings (SSSR count). The molecule has 14 heteroatoms. The van der Waals surface area contributed by atoms with Gasteiger partial charge in [-0.15, -0.1) is 0 Å². The number of thiazole rings is 1. The summed E-state index contributed by atoms with van der Waals surface area (Å²) in [4.78, 5) is 54.8. The highest BCUT2D eigenvalue weighted by Crippen LogP contribution is 2.54. The van der Waals surface area contributed by atoms with Crippen LogP contribution in [0.15, 0.2) is 82.6 Å². The highest BCUT2D eigenvalue weighted by Gasteiger charge is 2.57. The minimum atomic E-state index is -4.68. The van der Waals surface area contributed by atoms with Crippen molar-refractivity contribution in [3.8, 4) is 5.75 Å². The molecule has 0 spiro atoms. The minimum Gasteiger partial charge on any atom is -0.497 e. The zero-order valence-corrected chi connectivity index (χ0v) is 25.0. The number of halogens is 4. The number of hydrogen-bond donors (Lipinski definition) is 1. The van der Waals surface area contributed by atoms with E-state index in [0.29, 0.717) is 31.9 Å². The van der Waals surface area contributed by atoms with Gasteiger partial charge in [0.05, 0.1) is 29.3 Å². The third-order valence-corrected chi connectivity index (χ3v) is 10.2. The molecule has 2 aliphatic heterocycles. The van der Waals surface area contributed by atoms with E-state index in [1.165, 1.54) is 17.7 Å². The van der Waals surface area contributed by atoms with Crippen molar-refractivity contribution in [1.82, 2.24) is 4.57 Å². The maximum absolute atomic E-state index is 13.9. The van der Waals surface area contributed by atoms with E-state index < -0.39 is 51.4 Å². The fourth-order valence-corrected chi connectivity index (χ4v) is 8.28. The second-order valence-electron chi connectivity index (χ2n) is 10.1. The zero-order chi connectivity index (χ0) is 31.3. The molecule has 1 aromatic heterocycles. The van der Waals surface area contributed by atoms with Crippen LogP contribution in [0.25, 0.3) is 0 Å². The summed E-state index contributed by atoms with van der Waals surface area (Å²) < 4.78 is 46.8. The fraction of sp³-hybridized carbons (Fsp3) is 0.200. The Bertz CT molecular complexity index is 1840. The van der Waals surface area contributed by atoms with E-state index in [1.807, 2.05) is 0 Å². The van der Waals surface area contributed by atoms with Crippen LogP contribution in [-0.2, 0) is 27.1 Å². The Morgan fingerprint density at radius 3 is 2.36 bits per heavy atom. The van der Waals surface area contributed by atoms with Crippen LogP contribution < -0.4 is 19.8 Å². The second kappa shape index (κ2) is 11.5. The lowest BCUT2D eigenvalue weighted by Gasteiger charge is -2.30. The Morgan fingerprint density at radius 1 is 1.00 bits per heavy atom. The molecular weight excluding hydrogens is 639 g/mol. The monoisotopic (exact) mass is 659 g/mol. The maximum Gasteiger partial charge on any atom is 0.416 e. The first-order chi connectivity index (χ1) is 21.0. The summed E-state index contributed by atoms with van der Waals surface area (Å²) in [7, 11) is 1.51. The van der Waals surface area contributed by atoms with Crippen LogP contribution in [0.4, 0.5) is 24.5 Å². The summed E-state index contributed by atoms with van der Waals surface area (Å²) in [6.45, 7) is -0.367. The fourth-order valence-electron chi connectivity index (χ4n) is 5.38. The number of anilines is 2. The molecule has 3 atom stereocenters. The molecule has 0 saturated carbocycles. The number of rotatable bonds is 6. The van der Waals surface area contributed by atoms with Crippen LogP contribution in [-0.4, -0.2) is 34.6 Å². The molecule has 3 heterocycles. The first-order valence-corrected chi connectivity index (χ1v) is 15.2. The molecule has 0 bridgehead atoms. The number of nitrogens with zero attached hydrogens (tertiary/aromatic N) is 2. The Hall–Kier alpha value is -4.07. The molecule has 3 aromatic carbocycles. The van der Waals surface area contributed by atoms with Crippen molar-refractivity contribution >= 4 is 63.8 Å². The maximum atomic E-state index is 13.9. The molecule has 1 fully saturated rings. The first-order valence-electron chi connectivity index (χ1n) is 13.1. The van der Waals surface area contributed by atoms with Crippen molar-refractivity contribution < 1.29 is 32.3 Å². The number of carbonyl (C=O) groups excluding carboxylic acids is 3. The van der Waals surface area contributed by atoms with Gasteiger partial charge in [0, 0.05) is 21.5 Å². The summed E-state index contributed by atoms with van der Waals surface area (Å²) in [5.41, 5.74) is -0.121. The molecule has 2 aliphatic rings. The predicted molar refractivity (Wildman–Crippen MR) is 161 cm³/mol. The molecule has 0 radical (unpaired) electrons. The van der Waals surface area contributed by atoms with Gasteiger partial charge in [-0.2, -0.15) is 13.2 Å². The van der Waals surface area contributed by atoms with Gasteiger partial charge in [-0.05, 0) is 60.2 Å². The van der Waals surface area contributed by atoms with Gasteiger partial charge in [0.2, 0.25) is 17.7 Å². The topological polar surface area (TPSA) is 97.7 Å². The van der Waals surface area contributed by atoms with Gasteiger partial charge in [0.25, 0.3) is 0 Å². The van der Waals surface area contributed by atoms with Crippen molar-refractivity contribution in [3.63, 3.8) is 0 Å². The second-order valence-corrected chi connectivity index (χ2v) is 12.6. The van der Waals surface area contributed by atoms with Crippen molar-refractivity contribution in [2.75, 3.05) is 17.3 Å². The van der Waals surface area contributed by atoms with Crippen molar-refractivity contribution in [2.24, 2.45) is 5.92 Å². The number of amides is 3. The third kappa shape index (κ3) is 5.39. The number of fused-ring (bicyclic) bond motifs is 2. The first kappa shape index (κ1) is 30.0. The molecule has 0 aliphatic carbocycles. The minimum absolute atomic E-state index is 0.195. The van der Waals surface area contributed by atoms with E-state index in [9.17, 15) is 32.3 Å². The highest BCUT2D eigenvalue weighted by atomic mass is 35.5. The van der Waals surface area contributed by atoms with Crippen LogP contribution >= 0.6 is 34.7 Å². The number of alkyl halides is 3.